The first-order valence-electron chi connectivity index (χ1n) is 10.4. The first-order valence-corrected chi connectivity index (χ1v) is 10.4. The van der Waals surface area contributed by atoms with Crippen LogP contribution in [0.15, 0.2) is 18.2 Å². The van der Waals surface area contributed by atoms with Crippen LogP contribution in [-0.4, -0.2) is 68.8 Å². The number of hydrogen-bond acceptors (Lipinski definition) is 4. The fourth-order valence-corrected chi connectivity index (χ4v) is 5.24. The van der Waals surface area contributed by atoms with Gasteiger partial charge in [0.15, 0.2) is 11.6 Å². The van der Waals surface area contributed by atoms with E-state index >= 15 is 0 Å². The van der Waals surface area contributed by atoms with Crippen molar-refractivity contribution in [3.05, 3.63) is 29.6 Å². The van der Waals surface area contributed by atoms with Gasteiger partial charge in [-0.3, -0.25) is 9.69 Å². The van der Waals surface area contributed by atoms with Crippen LogP contribution in [0.3, 0.4) is 0 Å². The van der Waals surface area contributed by atoms with Crippen LogP contribution in [0.25, 0.3) is 0 Å². The van der Waals surface area contributed by atoms with Crippen molar-refractivity contribution in [1.82, 2.24) is 9.80 Å². The van der Waals surface area contributed by atoms with E-state index < -0.39 is 5.82 Å². The SMILES string of the molecule is COCC1CN(C2CCC2)CC12CCN(C(=O)c1ccc(OC)c(F)c1)CC2. The van der Waals surface area contributed by atoms with Gasteiger partial charge in [-0.05, 0) is 49.3 Å². The van der Waals surface area contributed by atoms with E-state index in [2.05, 4.69) is 4.90 Å². The highest BCUT2D eigenvalue weighted by Crippen LogP contribution is 2.47. The average Bonchev–Trinajstić information content (AvgIpc) is 2.98. The molecule has 6 heteroatoms. The van der Waals surface area contributed by atoms with E-state index in [0.29, 0.717) is 11.5 Å². The lowest BCUT2D eigenvalue weighted by Gasteiger charge is -2.43. The van der Waals surface area contributed by atoms with Crippen molar-refractivity contribution in [1.29, 1.82) is 0 Å². The molecule has 0 bridgehead atoms. The van der Waals surface area contributed by atoms with Gasteiger partial charge in [-0.25, -0.2) is 4.39 Å². The van der Waals surface area contributed by atoms with Gasteiger partial charge in [-0.2, -0.15) is 0 Å². The van der Waals surface area contributed by atoms with E-state index in [-0.39, 0.29) is 17.1 Å². The highest BCUT2D eigenvalue weighted by molar-refractivity contribution is 5.94. The molecule has 0 N–H and O–H groups in total. The molecule has 2 saturated heterocycles. The molecule has 1 unspecified atom stereocenters. The Hall–Kier alpha value is -1.66. The molecule has 3 fully saturated rings. The summed E-state index contributed by atoms with van der Waals surface area (Å²) in [5, 5.41) is 0. The van der Waals surface area contributed by atoms with Crippen LogP contribution in [0, 0.1) is 17.2 Å². The standard InChI is InChI=1S/C22H31FN2O3/c1-27-14-17-13-25(18-4-3-5-18)15-22(17)8-10-24(11-9-22)21(26)16-6-7-20(28-2)19(23)12-16/h6-7,12,17-18H,3-5,8-11,13-15H2,1-2H3. The lowest BCUT2D eigenvalue weighted by atomic mass is 9.71. The summed E-state index contributed by atoms with van der Waals surface area (Å²) in [4.78, 5) is 17.4. The van der Waals surface area contributed by atoms with Crippen LogP contribution in [0.1, 0.15) is 42.5 Å². The normalized spacial score (nSPS) is 25.1. The molecule has 2 aliphatic heterocycles. The molecule has 4 rings (SSSR count). The molecule has 3 aliphatic rings. The van der Waals surface area contributed by atoms with Crippen LogP contribution in [-0.2, 0) is 4.74 Å². The molecule has 1 saturated carbocycles. The lowest BCUT2D eigenvalue weighted by Crippen LogP contribution is -2.47. The zero-order valence-electron chi connectivity index (χ0n) is 17.0. The topological polar surface area (TPSA) is 42.0 Å². The first kappa shape index (κ1) is 19.6. The van der Waals surface area contributed by atoms with Crippen LogP contribution in [0.4, 0.5) is 4.39 Å². The Kier molecular flexibility index (Phi) is 5.61. The quantitative estimate of drug-likeness (QED) is 0.774. The maximum Gasteiger partial charge on any atom is 0.253 e. The highest BCUT2D eigenvalue weighted by Gasteiger charge is 2.50. The highest BCUT2D eigenvalue weighted by atomic mass is 19.1. The van der Waals surface area contributed by atoms with Gasteiger partial charge in [0.05, 0.1) is 13.7 Å². The molecule has 5 nitrogen and oxygen atoms in total. The maximum absolute atomic E-state index is 14.0. The minimum absolute atomic E-state index is 0.0893. The molecular formula is C22H31FN2O3. The third kappa shape index (κ3) is 3.52. The Bertz CT molecular complexity index is 714. The second-order valence-electron chi connectivity index (χ2n) is 8.67. The molecule has 1 aliphatic carbocycles. The number of carbonyl (C=O) groups excluding carboxylic acids is 1. The van der Waals surface area contributed by atoms with E-state index in [9.17, 15) is 9.18 Å². The molecule has 1 atom stereocenters. The number of piperidine rings is 1. The van der Waals surface area contributed by atoms with Gasteiger partial charge in [-0.15, -0.1) is 0 Å². The predicted molar refractivity (Wildman–Crippen MR) is 105 cm³/mol. The van der Waals surface area contributed by atoms with E-state index in [1.165, 1.54) is 38.5 Å². The monoisotopic (exact) mass is 390 g/mol. The van der Waals surface area contributed by atoms with Gasteiger partial charge < -0.3 is 14.4 Å². The van der Waals surface area contributed by atoms with Crippen molar-refractivity contribution in [2.75, 3.05) is 47.0 Å². The number of benzene rings is 1. The van der Waals surface area contributed by atoms with Crippen LogP contribution in [0.2, 0.25) is 0 Å². The molecule has 0 aromatic heterocycles. The smallest absolute Gasteiger partial charge is 0.253 e. The van der Waals surface area contributed by atoms with E-state index in [1.807, 2.05) is 4.90 Å². The first-order chi connectivity index (χ1) is 13.6. The average molecular weight is 390 g/mol. The summed E-state index contributed by atoms with van der Waals surface area (Å²) < 4.78 is 24.5. The molecular weight excluding hydrogens is 359 g/mol. The summed E-state index contributed by atoms with van der Waals surface area (Å²) in [6, 6.07) is 5.21. The second-order valence-corrected chi connectivity index (χ2v) is 8.67. The van der Waals surface area contributed by atoms with Crippen LogP contribution < -0.4 is 4.74 Å². The van der Waals surface area contributed by atoms with Crippen LogP contribution in [0.5, 0.6) is 5.75 Å². The van der Waals surface area contributed by atoms with Crippen molar-refractivity contribution >= 4 is 5.91 Å². The number of nitrogens with zero attached hydrogens (tertiary/aromatic N) is 2. The van der Waals surface area contributed by atoms with Gasteiger partial charge in [0.25, 0.3) is 5.91 Å². The summed E-state index contributed by atoms with van der Waals surface area (Å²) in [5.41, 5.74) is 0.637. The number of likely N-dealkylation sites (tertiary alicyclic amines) is 2. The Balaban J connectivity index is 1.42. The summed E-state index contributed by atoms with van der Waals surface area (Å²) >= 11 is 0. The fourth-order valence-electron chi connectivity index (χ4n) is 5.24. The summed E-state index contributed by atoms with van der Waals surface area (Å²) in [5.74, 6) is 0.120. The third-order valence-electron chi connectivity index (χ3n) is 7.24. The summed E-state index contributed by atoms with van der Waals surface area (Å²) in [6.07, 6.45) is 5.99. The zero-order chi connectivity index (χ0) is 19.7. The van der Waals surface area contributed by atoms with Crippen molar-refractivity contribution in [3.63, 3.8) is 0 Å². The molecule has 1 aromatic carbocycles. The molecule has 2 heterocycles. The Labute approximate surface area is 166 Å². The number of amides is 1. The number of hydrogen-bond donors (Lipinski definition) is 0. The fraction of sp³-hybridized carbons (Fsp3) is 0.682. The zero-order valence-corrected chi connectivity index (χ0v) is 17.0. The number of methoxy groups -OCH3 is 2. The van der Waals surface area contributed by atoms with E-state index in [1.54, 1.807) is 13.2 Å². The molecule has 28 heavy (non-hydrogen) atoms. The summed E-state index contributed by atoms with van der Waals surface area (Å²) in [6.45, 7) is 4.50. The Morgan fingerprint density at radius 1 is 1.25 bits per heavy atom. The molecule has 1 amide bonds. The van der Waals surface area contributed by atoms with Gasteiger partial charge >= 0.3 is 0 Å². The molecule has 1 spiro atoms. The van der Waals surface area contributed by atoms with Crippen molar-refractivity contribution < 1.29 is 18.7 Å². The molecule has 0 radical (unpaired) electrons. The number of rotatable bonds is 5. The molecule has 154 valence electrons. The summed E-state index contributed by atoms with van der Waals surface area (Å²) in [7, 11) is 3.21. The minimum Gasteiger partial charge on any atom is -0.494 e. The minimum atomic E-state index is -0.492. The van der Waals surface area contributed by atoms with Crippen molar-refractivity contribution in [2.45, 2.75) is 38.1 Å². The van der Waals surface area contributed by atoms with E-state index in [0.717, 1.165) is 51.7 Å². The largest absolute Gasteiger partial charge is 0.494 e. The predicted octanol–water partition coefficient (Wildman–Crippen LogP) is 3.19. The Morgan fingerprint density at radius 3 is 2.57 bits per heavy atom. The van der Waals surface area contributed by atoms with Gasteiger partial charge in [-0.1, -0.05) is 6.42 Å². The van der Waals surface area contributed by atoms with Crippen molar-refractivity contribution in [3.8, 4) is 5.75 Å². The van der Waals surface area contributed by atoms with Crippen molar-refractivity contribution in [2.24, 2.45) is 11.3 Å². The number of ether oxygens (including phenoxy) is 2. The van der Waals surface area contributed by atoms with Gasteiger partial charge in [0, 0.05) is 50.8 Å². The number of halogens is 1. The number of carbonyl (C=O) groups is 1. The maximum atomic E-state index is 14.0. The second kappa shape index (κ2) is 7.99. The third-order valence-corrected chi connectivity index (χ3v) is 7.24. The Morgan fingerprint density at radius 2 is 2.00 bits per heavy atom. The van der Waals surface area contributed by atoms with Gasteiger partial charge in [0.2, 0.25) is 0 Å². The molecule has 1 aromatic rings. The lowest BCUT2D eigenvalue weighted by molar-refractivity contribution is 0.0312. The van der Waals surface area contributed by atoms with Gasteiger partial charge in [0.1, 0.15) is 0 Å². The van der Waals surface area contributed by atoms with E-state index in [4.69, 9.17) is 9.47 Å². The van der Waals surface area contributed by atoms with Crippen LogP contribution >= 0.6 is 0 Å².